The van der Waals surface area contributed by atoms with Crippen LogP contribution in [0.2, 0.25) is 0 Å². The number of hydrogen-bond donors (Lipinski definition) is 0. The number of esters is 1. The van der Waals surface area contributed by atoms with Crippen molar-refractivity contribution in [3.05, 3.63) is 83.7 Å². The zero-order chi connectivity index (χ0) is 28.6. The molecule has 1 unspecified atom stereocenters. The second-order valence-electron chi connectivity index (χ2n) is 11.0. The third-order valence-electron chi connectivity index (χ3n) is 7.63. The Morgan fingerprint density at radius 2 is 1.45 bits per heavy atom. The Morgan fingerprint density at radius 3 is 2.15 bits per heavy atom. The van der Waals surface area contributed by atoms with Crippen molar-refractivity contribution in [3.8, 4) is 22.6 Å². The van der Waals surface area contributed by atoms with Gasteiger partial charge in [0, 0.05) is 0 Å². The molecule has 4 heteroatoms. The monoisotopic (exact) mass is 546 g/mol. The summed E-state index contributed by atoms with van der Waals surface area (Å²) in [6.45, 7) is 7.26. The van der Waals surface area contributed by atoms with Gasteiger partial charge in [-0.3, -0.25) is 0 Å². The van der Waals surface area contributed by atoms with Gasteiger partial charge in [-0.25, -0.2) is 9.18 Å². The largest absolute Gasteiger partial charge is 0.491 e. The fourth-order valence-electron chi connectivity index (χ4n) is 4.75. The number of benzene rings is 3. The number of hydrogen-bond acceptors (Lipinski definition) is 3. The number of carbonyl (C=O) groups is 1. The highest BCUT2D eigenvalue weighted by atomic mass is 19.1. The van der Waals surface area contributed by atoms with Crippen LogP contribution in [0.5, 0.6) is 11.5 Å². The third kappa shape index (κ3) is 10.8. The zero-order valence-electron chi connectivity index (χ0n) is 24.7. The average molecular weight is 547 g/mol. The first-order valence-electron chi connectivity index (χ1n) is 15.3. The molecule has 0 radical (unpaired) electrons. The first-order chi connectivity index (χ1) is 19.5. The van der Waals surface area contributed by atoms with Crippen LogP contribution in [0.4, 0.5) is 4.39 Å². The maximum Gasteiger partial charge on any atom is 0.343 e. The lowest BCUT2D eigenvalue weighted by molar-refractivity contribution is 0.0734. The molecule has 0 spiro atoms. The Bertz CT molecular complexity index is 1140. The van der Waals surface area contributed by atoms with Crippen LogP contribution >= 0.6 is 0 Å². The standard InChI is InChI=1S/C36H47FO3/c1-4-6-7-8-9-12-15-29-16-23-33(24-17-29)40-36(38)31-20-18-30(19-21-31)32-22-25-35(34(37)27-32)39-26-13-10-11-14-28(3)5-2/h16-25,27-28H,4-15,26H2,1-3H3. The Morgan fingerprint density at radius 1 is 0.775 bits per heavy atom. The van der Waals surface area contributed by atoms with Gasteiger partial charge in [-0.2, -0.15) is 0 Å². The minimum atomic E-state index is -0.408. The van der Waals surface area contributed by atoms with E-state index in [4.69, 9.17) is 9.47 Å². The molecule has 3 nitrogen and oxygen atoms in total. The van der Waals surface area contributed by atoms with E-state index in [0.29, 0.717) is 17.9 Å². The summed E-state index contributed by atoms with van der Waals surface area (Å²) in [5, 5.41) is 0. The van der Waals surface area contributed by atoms with Gasteiger partial charge in [0.05, 0.1) is 12.2 Å². The molecule has 0 saturated heterocycles. The van der Waals surface area contributed by atoms with Gasteiger partial charge in [0.25, 0.3) is 0 Å². The van der Waals surface area contributed by atoms with Crippen molar-refractivity contribution < 1.29 is 18.7 Å². The predicted molar refractivity (Wildman–Crippen MR) is 164 cm³/mol. The Labute approximate surface area is 241 Å². The molecular formula is C36H47FO3. The van der Waals surface area contributed by atoms with Crippen molar-refractivity contribution in [3.63, 3.8) is 0 Å². The number of rotatable bonds is 18. The van der Waals surface area contributed by atoms with Gasteiger partial charge >= 0.3 is 5.97 Å². The molecule has 0 bridgehead atoms. The summed E-state index contributed by atoms with van der Waals surface area (Å²) in [6, 6.07) is 19.9. The normalized spacial score (nSPS) is 11.8. The lowest BCUT2D eigenvalue weighted by atomic mass is 10.0. The van der Waals surface area contributed by atoms with Crippen LogP contribution in [0, 0.1) is 11.7 Å². The highest BCUT2D eigenvalue weighted by molar-refractivity contribution is 5.91. The number of carbonyl (C=O) groups excluding carboxylic acids is 1. The van der Waals surface area contributed by atoms with E-state index in [2.05, 4.69) is 20.8 Å². The quantitative estimate of drug-likeness (QED) is 0.0904. The zero-order valence-corrected chi connectivity index (χ0v) is 24.7. The molecule has 3 aromatic rings. The number of ether oxygens (including phenoxy) is 2. The molecule has 0 amide bonds. The molecule has 40 heavy (non-hydrogen) atoms. The second kappa shape index (κ2) is 17.5. The molecule has 3 aromatic carbocycles. The van der Waals surface area contributed by atoms with Gasteiger partial charge in [0.15, 0.2) is 11.6 Å². The van der Waals surface area contributed by atoms with Crippen molar-refractivity contribution in [1.29, 1.82) is 0 Å². The topological polar surface area (TPSA) is 35.5 Å². The first-order valence-corrected chi connectivity index (χ1v) is 15.3. The van der Waals surface area contributed by atoms with Gasteiger partial charge < -0.3 is 9.47 Å². The number of unbranched alkanes of at least 4 members (excludes halogenated alkanes) is 7. The highest BCUT2D eigenvalue weighted by Crippen LogP contribution is 2.27. The molecule has 0 fully saturated rings. The lowest BCUT2D eigenvalue weighted by Crippen LogP contribution is -2.08. The van der Waals surface area contributed by atoms with Crippen LogP contribution in [0.3, 0.4) is 0 Å². The van der Waals surface area contributed by atoms with Gasteiger partial charge in [-0.15, -0.1) is 0 Å². The van der Waals surface area contributed by atoms with Crippen LogP contribution in [0.25, 0.3) is 11.1 Å². The summed E-state index contributed by atoms with van der Waals surface area (Å²) in [7, 11) is 0. The predicted octanol–water partition coefficient (Wildman–Crippen LogP) is 10.6. The van der Waals surface area contributed by atoms with Crippen LogP contribution in [0.15, 0.2) is 66.7 Å². The molecule has 0 aromatic heterocycles. The van der Waals surface area contributed by atoms with E-state index in [1.165, 1.54) is 69.4 Å². The molecule has 3 rings (SSSR count). The first kappa shape index (κ1) is 31.4. The Balaban J connectivity index is 1.44. The molecule has 1 atom stereocenters. The van der Waals surface area contributed by atoms with Crippen molar-refractivity contribution in [2.24, 2.45) is 5.92 Å². The van der Waals surface area contributed by atoms with E-state index in [1.807, 2.05) is 42.5 Å². The number of halogens is 1. The molecule has 0 heterocycles. The van der Waals surface area contributed by atoms with Crippen LogP contribution in [-0.2, 0) is 6.42 Å². The molecule has 0 N–H and O–H groups in total. The summed E-state index contributed by atoms with van der Waals surface area (Å²) in [6.07, 6.45) is 14.4. The SMILES string of the molecule is CCCCCCCCc1ccc(OC(=O)c2ccc(-c3ccc(OCCCCCC(C)CC)c(F)c3)cc2)cc1. The molecule has 0 aliphatic rings. The summed E-state index contributed by atoms with van der Waals surface area (Å²) in [5.74, 6) is 0.801. The van der Waals surface area contributed by atoms with Gasteiger partial charge in [-0.1, -0.05) is 109 Å². The fraction of sp³-hybridized carbons (Fsp3) is 0.472. The fourth-order valence-corrected chi connectivity index (χ4v) is 4.75. The van der Waals surface area contributed by atoms with Crippen LogP contribution in [-0.4, -0.2) is 12.6 Å². The summed E-state index contributed by atoms with van der Waals surface area (Å²) in [4.78, 5) is 12.7. The minimum Gasteiger partial charge on any atom is -0.491 e. The van der Waals surface area contributed by atoms with Crippen molar-refractivity contribution in [1.82, 2.24) is 0 Å². The van der Waals surface area contributed by atoms with Crippen molar-refractivity contribution in [2.45, 2.75) is 97.8 Å². The molecule has 0 saturated carbocycles. The summed E-state index contributed by atoms with van der Waals surface area (Å²) < 4.78 is 25.9. The number of aryl methyl sites for hydroxylation is 1. The van der Waals surface area contributed by atoms with Gasteiger partial charge in [0.1, 0.15) is 5.75 Å². The summed E-state index contributed by atoms with van der Waals surface area (Å²) >= 11 is 0. The molecule has 0 aliphatic carbocycles. The van der Waals surface area contributed by atoms with E-state index >= 15 is 0 Å². The van der Waals surface area contributed by atoms with Crippen molar-refractivity contribution >= 4 is 5.97 Å². The van der Waals surface area contributed by atoms with E-state index in [-0.39, 0.29) is 11.6 Å². The Kier molecular flexibility index (Phi) is 13.8. The van der Waals surface area contributed by atoms with Crippen molar-refractivity contribution in [2.75, 3.05) is 6.61 Å². The van der Waals surface area contributed by atoms with Crippen LogP contribution < -0.4 is 9.47 Å². The molecule has 0 aliphatic heterocycles. The molecule has 216 valence electrons. The molecular weight excluding hydrogens is 499 g/mol. The van der Waals surface area contributed by atoms with Gasteiger partial charge in [-0.05, 0) is 78.3 Å². The second-order valence-corrected chi connectivity index (χ2v) is 11.0. The van der Waals surface area contributed by atoms with Gasteiger partial charge in [0.2, 0.25) is 0 Å². The Hall–Kier alpha value is -3.14. The van der Waals surface area contributed by atoms with E-state index in [9.17, 15) is 9.18 Å². The van der Waals surface area contributed by atoms with E-state index in [0.717, 1.165) is 36.3 Å². The maximum absolute atomic E-state index is 14.7. The smallest absolute Gasteiger partial charge is 0.343 e. The highest BCUT2D eigenvalue weighted by Gasteiger charge is 2.11. The minimum absolute atomic E-state index is 0.281. The van der Waals surface area contributed by atoms with Crippen LogP contribution in [0.1, 0.15) is 107 Å². The lowest BCUT2D eigenvalue weighted by Gasteiger charge is -2.10. The van der Waals surface area contributed by atoms with E-state index in [1.54, 1.807) is 18.2 Å². The van der Waals surface area contributed by atoms with E-state index < -0.39 is 5.97 Å². The average Bonchev–Trinajstić information content (AvgIpc) is 2.98. The third-order valence-corrected chi connectivity index (χ3v) is 7.63. The maximum atomic E-state index is 14.7. The summed E-state index contributed by atoms with van der Waals surface area (Å²) in [5.41, 5.74) is 3.28.